The van der Waals surface area contributed by atoms with Crippen molar-refractivity contribution < 1.29 is 21.6 Å². The molecular weight excluding hydrogens is 459 g/mol. The Bertz CT molecular complexity index is 1120. The number of rotatable bonds is 7. The van der Waals surface area contributed by atoms with Gasteiger partial charge in [0.05, 0.1) is 17.3 Å². The van der Waals surface area contributed by atoms with Gasteiger partial charge in [-0.05, 0) is 56.2 Å². The maximum atomic E-state index is 13.0. The molecule has 0 amide bonds. The maximum absolute atomic E-state index is 13.0. The smallest absolute Gasteiger partial charge is 0.263 e. The molecule has 0 unspecified atom stereocenters. The lowest BCUT2D eigenvalue weighted by Gasteiger charge is -2.18. The van der Waals surface area contributed by atoms with Gasteiger partial charge < -0.3 is 4.74 Å². The van der Waals surface area contributed by atoms with E-state index >= 15 is 0 Å². The van der Waals surface area contributed by atoms with Gasteiger partial charge in [-0.3, -0.25) is 4.72 Å². The van der Waals surface area contributed by atoms with Crippen molar-refractivity contribution in [3.8, 4) is 5.75 Å². The quantitative estimate of drug-likeness (QED) is 0.644. The maximum Gasteiger partial charge on any atom is 0.263 e. The van der Waals surface area contributed by atoms with E-state index in [1.807, 2.05) is 0 Å². The predicted molar refractivity (Wildman–Crippen MR) is 115 cm³/mol. The molecule has 7 nitrogen and oxygen atoms in total. The van der Waals surface area contributed by atoms with Gasteiger partial charge >= 0.3 is 0 Å². The van der Waals surface area contributed by atoms with Crippen LogP contribution in [-0.4, -0.2) is 41.8 Å². The Kier molecular flexibility index (Phi) is 7.12. The fourth-order valence-electron chi connectivity index (χ4n) is 2.58. The van der Waals surface area contributed by atoms with Gasteiger partial charge in [0.2, 0.25) is 10.0 Å². The Morgan fingerprint density at radius 3 is 2.24 bits per heavy atom. The fraction of sp³-hybridized carbons (Fsp3) is 0.333. The third-order valence-corrected chi connectivity index (χ3v) is 8.49. The third-order valence-electron chi connectivity index (χ3n) is 4.11. The van der Waals surface area contributed by atoms with E-state index in [1.165, 1.54) is 32.3 Å². The molecule has 0 aliphatic heterocycles. The number of anilines is 1. The Hall–Kier alpha value is -1.52. The van der Waals surface area contributed by atoms with Crippen molar-refractivity contribution in [1.29, 1.82) is 0 Å². The van der Waals surface area contributed by atoms with Crippen molar-refractivity contribution in [2.75, 3.05) is 25.4 Å². The molecule has 2 aromatic rings. The first kappa shape index (κ1) is 23.8. The Balaban J connectivity index is 2.61. The van der Waals surface area contributed by atoms with E-state index in [9.17, 15) is 16.8 Å². The van der Waals surface area contributed by atoms with E-state index in [0.29, 0.717) is 11.1 Å². The van der Waals surface area contributed by atoms with E-state index < -0.39 is 20.0 Å². The molecule has 2 rings (SSSR count). The van der Waals surface area contributed by atoms with Gasteiger partial charge in [0.1, 0.15) is 15.5 Å². The molecule has 0 heterocycles. The van der Waals surface area contributed by atoms with Crippen LogP contribution in [0.5, 0.6) is 5.75 Å². The summed E-state index contributed by atoms with van der Waals surface area (Å²) < 4.78 is 60.1. The molecule has 11 heteroatoms. The fourth-order valence-corrected chi connectivity index (χ4v) is 5.90. The van der Waals surface area contributed by atoms with Gasteiger partial charge in [-0.25, -0.2) is 21.1 Å². The van der Waals surface area contributed by atoms with Crippen molar-refractivity contribution in [3.63, 3.8) is 0 Å². The molecule has 2 aromatic carbocycles. The third kappa shape index (κ3) is 4.80. The lowest BCUT2D eigenvalue weighted by atomic mass is 10.2. The van der Waals surface area contributed by atoms with Crippen LogP contribution >= 0.6 is 23.2 Å². The van der Waals surface area contributed by atoms with Gasteiger partial charge in [0.25, 0.3) is 10.0 Å². The highest BCUT2D eigenvalue weighted by molar-refractivity contribution is 7.93. The topological polar surface area (TPSA) is 92.8 Å². The van der Waals surface area contributed by atoms with Gasteiger partial charge in [-0.2, -0.15) is 0 Å². The minimum absolute atomic E-state index is 0.0435. The van der Waals surface area contributed by atoms with Crippen LogP contribution in [0, 0.1) is 13.8 Å². The molecular formula is C18H22Cl2N2O5S2. The Labute approximate surface area is 181 Å². The minimum Gasteiger partial charge on any atom is -0.492 e. The number of sulfonamides is 2. The van der Waals surface area contributed by atoms with Gasteiger partial charge in [0, 0.05) is 19.1 Å². The largest absolute Gasteiger partial charge is 0.492 e. The second-order valence-corrected chi connectivity index (χ2v) is 11.0. The first-order valence-corrected chi connectivity index (χ1v) is 12.2. The molecule has 0 bridgehead atoms. The Morgan fingerprint density at radius 1 is 1.07 bits per heavy atom. The first-order chi connectivity index (χ1) is 13.3. The van der Waals surface area contributed by atoms with Crippen molar-refractivity contribution in [2.45, 2.75) is 30.6 Å². The summed E-state index contributed by atoms with van der Waals surface area (Å²) in [6.07, 6.45) is 0. The van der Waals surface area contributed by atoms with Crippen molar-refractivity contribution in [3.05, 3.63) is 45.4 Å². The average molecular weight is 481 g/mol. The van der Waals surface area contributed by atoms with Crippen molar-refractivity contribution in [2.24, 2.45) is 0 Å². The predicted octanol–water partition coefficient (Wildman–Crippen LogP) is 4.06. The minimum atomic E-state index is -4.14. The summed E-state index contributed by atoms with van der Waals surface area (Å²) in [5.74, 6) is 0.122. The highest BCUT2D eigenvalue weighted by Gasteiger charge is 2.27. The number of aryl methyl sites for hydroxylation is 1. The molecule has 0 saturated heterocycles. The van der Waals surface area contributed by atoms with E-state index in [-0.39, 0.29) is 37.9 Å². The highest BCUT2D eigenvalue weighted by Crippen LogP contribution is 2.35. The summed E-state index contributed by atoms with van der Waals surface area (Å²) in [5, 5.41) is 0.307. The monoisotopic (exact) mass is 480 g/mol. The summed E-state index contributed by atoms with van der Waals surface area (Å²) >= 11 is 12.4. The number of nitrogens with one attached hydrogen (secondary N) is 1. The lowest BCUT2D eigenvalue weighted by molar-refractivity contribution is 0.330. The number of hydrogen-bond acceptors (Lipinski definition) is 5. The molecule has 1 N–H and O–H groups in total. The second kappa shape index (κ2) is 8.69. The zero-order valence-electron chi connectivity index (χ0n) is 16.6. The van der Waals surface area contributed by atoms with Crippen LogP contribution in [0.4, 0.5) is 5.69 Å². The van der Waals surface area contributed by atoms with Crippen LogP contribution in [0.1, 0.15) is 18.1 Å². The molecule has 0 aliphatic carbocycles. The van der Waals surface area contributed by atoms with E-state index in [2.05, 4.69) is 4.72 Å². The van der Waals surface area contributed by atoms with Crippen molar-refractivity contribution in [1.82, 2.24) is 4.31 Å². The van der Waals surface area contributed by atoms with E-state index in [1.54, 1.807) is 26.8 Å². The van der Waals surface area contributed by atoms with E-state index in [4.69, 9.17) is 27.9 Å². The number of ether oxygens (including phenoxy) is 1. The molecule has 0 saturated carbocycles. The number of nitrogens with zero attached hydrogens (tertiary/aromatic N) is 1. The summed E-state index contributed by atoms with van der Waals surface area (Å²) in [4.78, 5) is -0.315. The van der Waals surface area contributed by atoms with Gasteiger partial charge in [-0.1, -0.05) is 23.2 Å². The van der Waals surface area contributed by atoms with Crippen LogP contribution in [0.3, 0.4) is 0 Å². The SMILES string of the molecule is CCOc1ccc(NS(=O)(=O)c2c(C)c(Cl)cc(C)c2Cl)cc1S(=O)(=O)N(C)C. The standard InChI is InChI=1S/C18H22Cl2N2O5S2/c1-6-27-15-8-7-13(10-16(15)29(25,26)22(4)5)21-28(23,24)18-12(3)14(19)9-11(2)17(18)20/h7-10,21H,6H2,1-5H3. The summed E-state index contributed by atoms with van der Waals surface area (Å²) in [6.45, 7) is 5.15. The molecule has 0 aromatic heterocycles. The second-order valence-electron chi connectivity index (χ2n) is 6.43. The average Bonchev–Trinajstić information content (AvgIpc) is 2.61. The number of benzene rings is 2. The lowest BCUT2D eigenvalue weighted by Crippen LogP contribution is -2.23. The van der Waals surface area contributed by atoms with Crippen molar-refractivity contribution >= 4 is 48.9 Å². The summed E-state index contributed by atoms with van der Waals surface area (Å²) in [7, 11) is -5.27. The van der Waals surface area contributed by atoms with E-state index in [0.717, 1.165) is 4.31 Å². The molecule has 0 spiro atoms. The number of halogens is 2. The Morgan fingerprint density at radius 2 is 1.69 bits per heavy atom. The van der Waals surface area contributed by atoms with Crippen LogP contribution < -0.4 is 9.46 Å². The van der Waals surface area contributed by atoms with Crippen LogP contribution in [-0.2, 0) is 20.0 Å². The summed E-state index contributed by atoms with van der Waals surface area (Å²) in [5.41, 5.74) is 0.842. The van der Waals surface area contributed by atoms with Crippen LogP contribution in [0.2, 0.25) is 10.0 Å². The van der Waals surface area contributed by atoms with Crippen LogP contribution in [0.15, 0.2) is 34.1 Å². The summed E-state index contributed by atoms with van der Waals surface area (Å²) in [6, 6.07) is 5.60. The molecule has 0 radical (unpaired) electrons. The molecule has 0 atom stereocenters. The van der Waals surface area contributed by atoms with Gasteiger partial charge in [-0.15, -0.1) is 0 Å². The van der Waals surface area contributed by atoms with Crippen LogP contribution in [0.25, 0.3) is 0 Å². The highest BCUT2D eigenvalue weighted by atomic mass is 35.5. The molecule has 0 aliphatic rings. The van der Waals surface area contributed by atoms with Gasteiger partial charge in [0.15, 0.2) is 0 Å². The number of hydrogen-bond donors (Lipinski definition) is 1. The zero-order valence-corrected chi connectivity index (χ0v) is 19.7. The zero-order chi connectivity index (χ0) is 22.1. The molecule has 0 fully saturated rings. The molecule has 160 valence electrons. The molecule has 29 heavy (non-hydrogen) atoms. The normalized spacial score (nSPS) is 12.3. The first-order valence-electron chi connectivity index (χ1n) is 8.50.